The number of halogens is 2. The van der Waals surface area contributed by atoms with Crippen LogP contribution in [-0.2, 0) is 10.0 Å². The third-order valence-electron chi connectivity index (χ3n) is 3.83. The molecule has 0 unspecified atom stereocenters. The van der Waals surface area contributed by atoms with E-state index in [-0.39, 0.29) is 11.8 Å². The van der Waals surface area contributed by atoms with Crippen molar-refractivity contribution in [3.63, 3.8) is 0 Å². The number of hydrogen-bond acceptors (Lipinski definition) is 4. The van der Waals surface area contributed by atoms with E-state index in [9.17, 15) is 12.8 Å². The van der Waals surface area contributed by atoms with Gasteiger partial charge in [0.05, 0.1) is 24.4 Å². The lowest BCUT2D eigenvalue weighted by molar-refractivity contribution is 0.233. The van der Waals surface area contributed by atoms with Crippen molar-refractivity contribution < 1.29 is 12.8 Å². The van der Waals surface area contributed by atoms with Gasteiger partial charge in [-0.2, -0.15) is 0 Å². The lowest BCUT2D eigenvalue weighted by Gasteiger charge is -2.34. The van der Waals surface area contributed by atoms with E-state index in [4.69, 9.17) is 11.6 Å². The summed E-state index contributed by atoms with van der Waals surface area (Å²) in [5, 5.41) is 0.320. The predicted molar refractivity (Wildman–Crippen MR) is 89.4 cm³/mol. The van der Waals surface area contributed by atoms with Gasteiger partial charge >= 0.3 is 0 Å². The number of rotatable bonds is 4. The monoisotopic (exact) mass is 359 g/mol. The molecule has 0 spiro atoms. The van der Waals surface area contributed by atoms with Crippen LogP contribution in [0.25, 0.3) is 0 Å². The first-order chi connectivity index (χ1) is 10.8. The van der Waals surface area contributed by atoms with Crippen molar-refractivity contribution in [2.24, 2.45) is 16.8 Å². The fourth-order valence-electron chi connectivity index (χ4n) is 2.49. The Morgan fingerprint density at radius 2 is 2.26 bits per heavy atom. The van der Waals surface area contributed by atoms with Gasteiger partial charge in [0.25, 0.3) is 0 Å². The highest BCUT2D eigenvalue weighted by molar-refractivity contribution is 7.88. The molecule has 126 valence electrons. The number of hydrogen-bond donors (Lipinski definition) is 0. The predicted octanol–water partition coefficient (Wildman–Crippen LogP) is 2.64. The average Bonchev–Trinajstić information content (AvgIpc) is 2.48. The van der Waals surface area contributed by atoms with Crippen LogP contribution < -0.4 is 0 Å². The minimum atomic E-state index is -3.15. The third kappa shape index (κ3) is 5.37. The zero-order valence-corrected chi connectivity index (χ0v) is 14.6. The summed E-state index contributed by atoms with van der Waals surface area (Å²) in [6.07, 6.45) is 6.35. The highest BCUT2D eigenvalue weighted by Crippen LogP contribution is 2.27. The Morgan fingerprint density at radius 1 is 1.52 bits per heavy atom. The SMILES string of the molecule is C[C@H]1CN(S(C)(=O)=O)CC[C@H]1C=C(Cl)N=Cc1ccc(F)cn1. The smallest absolute Gasteiger partial charge is 0.211 e. The van der Waals surface area contributed by atoms with Gasteiger partial charge in [0.1, 0.15) is 11.0 Å². The summed E-state index contributed by atoms with van der Waals surface area (Å²) in [4.78, 5) is 7.97. The second-order valence-corrected chi connectivity index (χ2v) is 8.07. The van der Waals surface area contributed by atoms with Crippen LogP contribution in [0.2, 0.25) is 0 Å². The molecule has 1 aliphatic heterocycles. The van der Waals surface area contributed by atoms with Crippen LogP contribution in [-0.4, -0.2) is 43.3 Å². The first-order valence-corrected chi connectivity index (χ1v) is 9.46. The first kappa shape index (κ1) is 18.0. The summed E-state index contributed by atoms with van der Waals surface area (Å²) in [6.45, 7) is 2.96. The summed E-state index contributed by atoms with van der Waals surface area (Å²) in [6, 6.07) is 2.81. The van der Waals surface area contributed by atoms with Gasteiger partial charge in [0, 0.05) is 13.1 Å². The van der Waals surface area contributed by atoms with Crippen molar-refractivity contribution >= 4 is 27.8 Å². The summed E-state index contributed by atoms with van der Waals surface area (Å²) in [7, 11) is -3.15. The van der Waals surface area contributed by atoms with Gasteiger partial charge in [-0.3, -0.25) is 4.98 Å². The molecular weight excluding hydrogens is 341 g/mol. The third-order valence-corrected chi connectivity index (χ3v) is 5.32. The minimum Gasteiger partial charge on any atom is -0.252 e. The van der Waals surface area contributed by atoms with Gasteiger partial charge in [0.2, 0.25) is 10.0 Å². The van der Waals surface area contributed by atoms with Crippen LogP contribution in [0.4, 0.5) is 4.39 Å². The second-order valence-electron chi connectivity index (χ2n) is 5.70. The summed E-state index contributed by atoms with van der Waals surface area (Å²) >= 11 is 6.12. The molecule has 0 radical (unpaired) electrons. The molecule has 2 heterocycles. The fourth-order valence-corrected chi connectivity index (χ4v) is 3.64. The number of piperidine rings is 1. The van der Waals surface area contributed by atoms with E-state index in [1.807, 2.05) is 13.0 Å². The van der Waals surface area contributed by atoms with Crippen LogP contribution in [0.5, 0.6) is 0 Å². The molecule has 1 saturated heterocycles. The maximum atomic E-state index is 12.8. The van der Waals surface area contributed by atoms with Crippen LogP contribution in [0.1, 0.15) is 19.0 Å². The molecule has 1 aromatic heterocycles. The molecule has 8 heteroatoms. The zero-order valence-electron chi connectivity index (χ0n) is 13.0. The Morgan fingerprint density at radius 3 is 2.83 bits per heavy atom. The Balaban J connectivity index is 2.00. The van der Waals surface area contributed by atoms with E-state index >= 15 is 0 Å². The van der Waals surface area contributed by atoms with Crippen molar-refractivity contribution in [3.05, 3.63) is 41.1 Å². The lowest BCUT2D eigenvalue weighted by atomic mass is 9.88. The van der Waals surface area contributed by atoms with E-state index in [0.717, 1.165) is 6.20 Å². The van der Waals surface area contributed by atoms with E-state index in [0.29, 0.717) is 30.4 Å². The molecule has 2 atom stereocenters. The molecule has 0 aromatic carbocycles. The van der Waals surface area contributed by atoms with Crippen LogP contribution in [0, 0.1) is 17.7 Å². The average molecular weight is 360 g/mol. The highest BCUT2D eigenvalue weighted by Gasteiger charge is 2.29. The fraction of sp³-hybridized carbons (Fsp3) is 0.467. The molecule has 0 saturated carbocycles. The topological polar surface area (TPSA) is 62.6 Å². The quantitative estimate of drug-likeness (QED) is 0.613. The highest BCUT2D eigenvalue weighted by atomic mass is 35.5. The zero-order chi connectivity index (χ0) is 17.0. The van der Waals surface area contributed by atoms with E-state index in [1.54, 1.807) is 0 Å². The van der Waals surface area contributed by atoms with Gasteiger partial charge < -0.3 is 0 Å². The molecule has 0 amide bonds. The van der Waals surface area contributed by atoms with Crippen molar-refractivity contribution in [2.75, 3.05) is 19.3 Å². The molecule has 5 nitrogen and oxygen atoms in total. The van der Waals surface area contributed by atoms with Crippen molar-refractivity contribution in [3.8, 4) is 0 Å². The molecule has 2 rings (SSSR count). The minimum absolute atomic E-state index is 0.159. The number of aliphatic imine (C=N–C) groups is 1. The maximum Gasteiger partial charge on any atom is 0.211 e. The molecule has 0 N–H and O–H groups in total. The Kier molecular flexibility index (Phi) is 5.89. The van der Waals surface area contributed by atoms with E-state index in [2.05, 4.69) is 9.98 Å². The number of aromatic nitrogens is 1. The number of pyridine rings is 1. The van der Waals surface area contributed by atoms with E-state index < -0.39 is 15.8 Å². The maximum absolute atomic E-state index is 12.8. The van der Waals surface area contributed by atoms with Gasteiger partial charge in [-0.05, 0) is 36.5 Å². The molecular formula is C15H19ClFN3O2S. The van der Waals surface area contributed by atoms with E-state index in [1.165, 1.54) is 28.9 Å². The molecule has 23 heavy (non-hydrogen) atoms. The normalized spacial score (nSPS) is 24.3. The first-order valence-electron chi connectivity index (χ1n) is 7.24. The van der Waals surface area contributed by atoms with Crippen LogP contribution in [0.15, 0.2) is 34.6 Å². The molecule has 1 aliphatic rings. The van der Waals surface area contributed by atoms with Gasteiger partial charge in [-0.1, -0.05) is 18.5 Å². The summed E-state index contributed by atoms with van der Waals surface area (Å²) in [5.41, 5.74) is 0.512. The molecule has 1 fully saturated rings. The largest absolute Gasteiger partial charge is 0.252 e. The van der Waals surface area contributed by atoms with Crippen molar-refractivity contribution in [2.45, 2.75) is 13.3 Å². The second kappa shape index (κ2) is 7.51. The number of sulfonamides is 1. The lowest BCUT2D eigenvalue weighted by Crippen LogP contribution is -2.41. The summed E-state index contributed by atoms with van der Waals surface area (Å²) in [5.74, 6) is -0.0829. The van der Waals surface area contributed by atoms with Gasteiger partial charge in [-0.25, -0.2) is 22.1 Å². The molecule has 1 aromatic rings. The van der Waals surface area contributed by atoms with Crippen molar-refractivity contribution in [1.29, 1.82) is 0 Å². The molecule has 0 aliphatic carbocycles. The number of nitrogens with zero attached hydrogens (tertiary/aromatic N) is 3. The van der Waals surface area contributed by atoms with Crippen molar-refractivity contribution in [1.82, 2.24) is 9.29 Å². The van der Waals surface area contributed by atoms with Gasteiger partial charge in [0.15, 0.2) is 0 Å². The molecule has 0 bridgehead atoms. The van der Waals surface area contributed by atoms with Crippen LogP contribution >= 0.6 is 11.6 Å². The van der Waals surface area contributed by atoms with Crippen LogP contribution in [0.3, 0.4) is 0 Å². The number of allylic oxidation sites excluding steroid dienone is 1. The standard InChI is InChI=1S/C15H19ClFN3O2S/c1-11-10-20(23(2,21)22)6-5-12(11)7-15(16)19-9-14-4-3-13(17)8-18-14/h3-4,7-9,11-12H,5-6,10H2,1-2H3/t11-,12-/m0/s1. The van der Waals surface area contributed by atoms with Gasteiger partial charge in [-0.15, -0.1) is 0 Å². The Hall–Kier alpha value is -1.31. The Bertz CT molecular complexity index is 704. The Labute approximate surface area is 140 Å². The summed E-state index contributed by atoms with van der Waals surface area (Å²) < 4.78 is 37.4.